The van der Waals surface area contributed by atoms with Crippen LogP contribution in [-0.2, 0) is 14.8 Å². The van der Waals surface area contributed by atoms with Crippen LogP contribution in [0.3, 0.4) is 0 Å². The van der Waals surface area contributed by atoms with E-state index < -0.39 is 22.5 Å². The summed E-state index contributed by atoms with van der Waals surface area (Å²) in [6, 6.07) is 20.7. The van der Waals surface area contributed by atoms with E-state index in [2.05, 4.69) is 10.5 Å². The van der Waals surface area contributed by atoms with Crippen molar-refractivity contribution in [1.82, 2.24) is 5.43 Å². The molecule has 0 fully saturated rings. The first-order valence-corrected chi connectivity index (χ1v) is 11.9. The van der Waals surface area contributed by atoms with Gasteiger partial charge in [0.05, 0.1) is 23.4 Å². The van der Waals surface area contributed by atoms with Gasteiger partial charge in [-0.1, -0.05) is 35.9 Å². The van der Waals surface area contributed by atoms with Gasteiger partial charge in [0, 0.05) is 0 Å². The highest BCUT2D eigenvalue weighted by atomic mass is 32.2. The summed E-state index contributed by atoms with van der Waals surface area (Å²) in [5.74, 6) is 0.186. The first kappa shape index (κ1) is 24.0. The van der Waals surface area contributed by atoms with Gasteiger partial charge in [-0.25, -0.2) is 13.8 Å². The van der Waals surface area contributed by atoms with Crippen LogP contribution in [-0.4, -0.2) is 33.7 Å². The lowest BCUT2D eigenvalue weighted by molar-refractivity contribution is -0.119. The Bertz CT molecular complexity index is 1220. The van der Waals surface area contributed by atoms with Crippen LogP contribution in [0.15, 0.2) is 82.8 Å². The van der Waals surface area contributed by atoms with Gasteiger partial charge in [-0.3, -0.25) is 9.10 Å². The molecule has 0 atom stereocenters. The largest absolute Gasteiger partial charge is 0.494 e. The number of ether oxygens (including phenoxy) is 1. The molecule has 3 aromatic carbocycles. The Labute approximate surface area is 194 Å². The van der Waals surface area contributed by atoms with Crippen molar-refractivity contribution in [2.24, 2.45) is 5.10 Å². The normalized spacial score (nSPS) is 11.4. The zero-order valence-electron chi connectivity index (χ0n) is 18.9. The Morgan fingerprint density at radius 3 is 2.36 bits per heavy atom. The number of carbonyl (C=O) groups excluding carboxylic acids is 1. The summed E-state index contributed by atoms with van der Waals surface area (Å²) in [7, 11) is -3.97. The third-order valence-electron chi connectivity index (χ3n) is 4.83. The summed E-state index contributed by atoms with van der Waals surface area (Å²) >= 11 is 0. The number of amides is 1. The Morgan fingerprint density at radius 1 is 1.03 bits per heavy atom. The van der Waals surface area contributed by atoms with Crippen LogP contribution in [0, 0.1) is 13.8 Å². The van der Waals surface area contributed by atoms with Gasteiger partial charge < -0.3 is 4.74 Å². The van der Waals surface area contributed by atoms with Gasteiger partial charge in [0.15, 0.2) is 0 Å². The smallest absolute Gasteiger partial charge is 0.264 e. The fourth-order valence-electron chi connectivity index (χ4n) is 3.27. The molecule has 0 heterocycles. The topological polar surface area (TPSA) is 88.1 Å². The first-order valence-electron chi connectivity index (χ1n) is 10.5. The minimum absolute atomic E-state index is 0.107. The molecule has 0 aromatic heterocycles. The quantitative estimate of drug-likeness (QED) is 0.381. The molecule has 1 amide bonds. The summed E-state index contributed by atoms with van der Waals surface area (Å²) in [4.78, 5) is 12.8. The molecular formula is C25H27N3O4S. The molecule has 0 aliphatic rings. The Balaban J connectivity index is 1.80. The minimum atomic E-state index is -3.97. The Kier molecular flexibility index (Phi) is 7.84. The highest BCUT2D eigenvalue weighted by Gasteiger charge is 2.28. The van der Waals surface area contributed by atoms with E-state index in [0.29, 0.717) is 12.3 Å². The van der Waals surface area contributed by atoms with Gasteiger partial charge in [-0.2, -0.15) is 5.10 Å². The van der Waals surface area contributed by atoms with E-state index in [9.17, 15) is 13.2 Å². The van der Waals surface area contributed by atoms with Crippen molar-refractivity contribution in [3.05, 3.63) is 89.5 Å². The zero-order valence-corrected chi connectivity index (χ0v) is 19.7. The number of nitrogens with one attached hydrogen (secondary N) is 1. The predicted octanol–water partition coefficient (Wildman–Crippen LogP) is 4.05. The molecular weight excluding hydrogens is 438 g/mol. The maximum atomic E-state index is 13.4. The molecule has 0 saturated heterocycles. The molecule has 0 unspecified atom stereocenters. The van der Waals surface area contributed by atoms with E-state index >= 15 is 0 Å². The van der Waals surface area contributed by atoms with Crippen molar-refractivity contribution in [1.29, 1.82) is 0 Å². The molecule has 7 nitrogen and oxygen atoms in total. The summed E-state index contributed by atoms with van der Waals surface area (Å²) in [5.41, 5.74) is 5.37. The van der Waals surface area contributed by atoms with Gasteiger partial charge >= 0.3 is 0 Å². The van der Waals surface area contributed by atoms with Crippen LogP contribution in [0.5, 0.6) is 5.75 Å². The van der Waals surface area contributed by atoms with Crippen molar-refractivity contribution in [3.63, 3.8) is 0 Å². The third-order valence-corrected chi connectivity index (χ3v) is 6.61. The average molecular weight is 466 g/mol. The van der Waals surface area contributed by atoms with Gasteiger partial charge in [-0.05, 0) is 74.4 Å². The molecule has 0 saturated carbocycles. The number of hydrogen-bond acceptors (Lipinski definition) is 5. The van der Waals surface area contributed by atoms with Crippen molar-refractivity contribution in [2.75, 3.05) is 17.5 Å². The zero-order chi connectivity index (χ0) is 23.8. The molecule has 3 rings (SSSR count). The van der Waals surface area contributed by atoms with Crippen molar-refractivity contribution < 1.29 is 17.9 Å². The molecule has 3 aromatic rings. The number of carbonyl (C=O) groups is 1. The number of hydrazone groups is 1. The second kappa shape index (κ2) is 10.8. The Hall–Kier alpha value is -3.65. The van der Waals surface area contributed by atoms with E-state index in [1.807, 2.05) is 45.0 Å². The number of sulfonamides is 1. The molecule has 0 radical (unpaired) electrons. The third kappa shape index (κ3) is 6.20. The van der Waals surface area contributed by atoms with Gasteiger partial charge in [0.25, 0.3) is 15.9 Å². The first-order chi connectivity index (χ1) is 15.8. The van der Waals surface area contributed by atoms with Crippen molar-refractivity contribution in [2.45, 2.75) is 25.7 Å². The summed E-state index contributed by atoms with van der Waals surface area (Å²) in [5, 5.41) is 3.97. The fourth-order valence-corrected chi connectivity index (χ4v) is 4.77. The van der Waals surface area contributed by atoms with Gasteiger partial charge in [-0.15, -0.1) is 0 Å². The van der Waals surface area contributed by atoms with Crippen molar-refractivity contribution in [3.8, 4) is 5.75 Å². The monoisotopic (exact) mass is 465 g/mol. The lowest BCUT2D eigenvalue weighted by atomic mass is 10.1. The van der Waals surface area contributed by atoms with E-state index in [-0.39, 0.29) is 4.90 Å². The fraction of sp³-hybridized carbons (Fsp3) is 0.200. The molecule has 0 spiro atoms. The van der Waals surface area contributed by atoms with Crippen LogP contribution in [0.1, 0.15) is 23.6 Å². The number of nitrogens with zero attached hydrogens (tertiary/aromatic N) is 2. The molecule has 0 bridgehead atoms. The molecule has 1 N–H and O–H groups in total. The van der Waals surface area contributed by atoms with E-state index in [1.165, 1.54) is 18.3 Å². The average Bonchev–Trinajstić information content (AvgIpc) is 2.80. The summed E-state index contributed by atoms with van der Waals surface area (Å²) in [6.45, 7) is 5.81. The van der Waals surface area contributed by atoms with Crippen LogP contribution in [0.25, 0.3) is 0 Å². The number of aryl methyl sites for hydroxylation is 2. The van der Waals surface area contributed by atoms with E-state index in [4.69, 9.17) is 4.74 Å². The second-order valence-electron chi connectivity index (χ2n) is 7.41. The van der Waals surface area contributed by atoms with Crippen LogP contribution in [0.2, 0.25) is 0 Å². The predicted molar refractivity (Wildman–Crippen MR) is 130 cm³/mol. The Morgan fingerprint density at radius 2 is 1.73 bits per heavy atom. The van der Waals surface area contributed by atoms with Crippen LogP contribution in [0.4, 0.5) is 5.69 Å². The minimum Gasteiger partial charge on any atom is -0.494 e. The van der Waals surface area contributed by atoms with Crippen LogP contribution < -0.4 is 14.5 Å². The van der Waals surface area contributed by atoms with Crippen molar-refractivity contribution >= 4 is 27.8 Å². The number of rotatable bonds is 9. The van der Waals surface area contributed by atoms with Gasteiger partial charge in [0.2, 0.25) is 0 Å². The molecule has 8 heteroatoms. The molecule has 0 aliphatic heterocycles. The van der Waals surface area contributed by atoms with Gasteiger partial charge in [0.1, 0.15) is 12.3 Å². The standard InChI is InChI=1S/C25H27N3O4S/c1-4-32-22-13-11-21(12-14-22)17-26-27-25(29)18-28(24-15-10-19(2)16-20(24)3)33(30,31)23-8-6-5-7-9-23/h5-17H,4,18H2,1-3H3,(H,27,29)/b26-17-. The SMILES string of the molecule is CCOc1ccc(/C=N\NC(=O)CN(c2ccc(C)cc2C)S(=O)(=O)c2ccccc2)cc1. The number of anilines is 1. The maximum Gasteiger partial charge on any atom is 0.264 e. The lowest BCUT2D eigenvalue weighted by Crippen LogP contribution is -2.40. The molecule has 0 aliphatic carbocycles. The molecule has 33 heavy (non-hydrogen) atoms. The van der Waals surface area contributed by atoms with E-state index in [1.54, 1.807) is 36.4 Å². The van der Waals surface area contributed by atoms with E-state index in [0.717, 1.165) is 26.7 Å². The molecule has 172 valence electrons. The summed E-state index contributed by atoms with van der Waals surface area (Å²) in [6.07, 6.45) is 1.49. The lowest BCUT2D eigenvalue weighted by Gasteiger charge is -2.25. The number of benzene rings is 3. The number of hydrogen-bond donors (Lipinski definition) is 1. The second-order valence-corrected chi connectivity index (χ2v) is 9.27. The highest BCUT2D eigenvalue weighted by Crippen LogP contribution is 2.27. The summed E-state index contributed by atoms with van der Waals surface area (Å²) < 4.78 is 33.3. The van der Waals surface area contributed by atoms with Crippen LogP contribution >= 0.6 is 0 Å². The highest BCUT2D eigenvalue weighted by molar-refractivity contribution is 7.92. The maximum absolute atomic E-state index is 13.4.